The lowest BCUT2D eigenvalue weighted by Crippen LogP contribution is -2.31. The highest BCUT2D eigenvalue weighted by atomic mass is 19.1. The standard InChI is InChI=1S/C24H23FN4O3/c1-15-4-6-18(16(2)12-15)20-14-21-24(31)28(10-11-29(21)27-20)9-8-26-23(30)17-5-7-22(32-3)19(25)13-17/h4-7,10-14H,8-9H2,1-3H3,(H,26,30). The van der Waals surface area contributed by atoms with Crippen molar-refractivity contribution in [2.45, 2.75) is 20.4 Å². The summed E-state index contributed by atoms with van der Waals surface area (Å²) in [5, 5.41) is 7.24. The molecule has 2 aromatic heterocycles. The van der Waals surface area contributed by atoms with Crippen LogP contribution < -0.4 is 15.6 Å². The number of hydrogen-bond acceptors (Lipinski definition) is 4. The number of carbonyl (C=O) groups excluding carboxylic acids is 1. The molecule has 0 spiro atoms. The predicted octanol–water partition coefficient (Wildman–Crippen LogP) is 3.36. The number of amides is 1. The fourth-order valence-electron chi connectivity index (χ4n) is 3.63. The molecule has 0 unspecified atom stereocenters. The number of carbonyl (C=O) groups is 1. The van der Waals surface area contributed by atoms with Gasteiger partial charge in [-0.2, -0.15) is 5.10 Å². The number of benzene rings is 2. The Bertz CT molecular complexity index is 1370. The zero-order chi connectivity index (χ0) is 22.8. The van der Waals surface area contributed by atoms with Crippen molar-refractivity contribution in [1.29, 1.82) is 0 Å². The number of nitrogens with zero attached hydrogens (tertiary/aromatic N) is 3. The van der Waals surface area contributed by atoms with Crippen molar-refractivity contribution in [3.63, 3.8) is 0 Å². The number of nitrogens with one attached hydrogen (secondary N) is 1. The van der Waals surface area contributed by atoms with Gasteiger partial charge in [0.05, 0.1) is 12.8 Å². The van der Waals surface area contributed by atoms with Crippen LogP contribution in [0.5, 0.6) is 5.75 Å². The molecule has 164 valence electrons. The van der Waals surface area contributed by atoms with Crippen LogP contribution in [0.25, 0.3) is 16.8 Å². The van der Waals surface area contributed by atoms with Crippen molar-refractivity contribution in [3.8, 4) is 17.0 Å². The van der Waals surface area contributed by atoms with E-state index in [0.29, 0.717) is 5.52 Å². The zero-order valence-corrected chi connectivity index (χ0v) is 18.1. The smallest absolute Gasteiger partial charge is 0.276 e. The molecule has 0 aliphatic carbocycles. The molecule has 0 aliphatic rings. The lowest BCUT2D eigenvalue weighted by molar-refractivity contribution is 0.0951. The van der Waals surface area contributed by atoms with E-state index in [4.69, 9.17) is 4.74 Å². The molecule has 32 heavy (non-hydrogen) atoms. The third-order valence-corrected chi connectivity index (χ3v) is 5.31. The molecule has 0 atom stereocenters. The molecule has 0 saturated heterocycles. The van der Waals surface area contributed by atoms with Crippen LogP contribution in [-0.4, -0.2) is 33.7 Å². The lowest BCUT2D eigenvalue weighted by Gasteiger charge is -2.09. The number of hydrogen-bond donors (Lipinski definition) is 1. The zero-order valence-electron chi connectivity index (χ0n) is 18.1. The van der Waals surface area contributed by atoms with E-state index in [9.17, 15) is 14.0 Å². The van der Waals surface area contributed by atoms with Gasteiger partial charge in [0.2, 0.25) is 0 Å². The minimum Gasteiger partial charge on any atom is -0.494 e. The molecule has 0 aliphatic heterocycles. The number of halogens is 1. The highest BCUT2D eigenvalue weighted by Crippen LogP contribution is 2.23. The molecule has 1 amide bonds. The average Bonchev–Trinajstić information content (AvgIpc) is 3.20. The van der Waals surface area contributed by atoms with Gasteiger partial charge in [0.15, 0.2) is 11.6 Å². The fourth-order valence-corrected chi connectivity index (χ4v) is 3.63. The highest BCUT2D eigenvalue weighted by molar-refractivity contribution is 5.94. The molecule has 8 heteroatoms. The van der Waals surface area contributed by atoms with E-state index in [-0.39, 0.29) is 30.0 Å². The molecule has 0 bridgehead atoms. The van der Waals surface area contributed by atoms with Gasteiger partial charge in [-0.05, 0) is 43.7 Å². The maximum Gasteiger partial charge on any atom is 0.276 e. The van der Waals surface area contributed by atoms with Crippen LogP contribution in [0.15, 0.2) is 59.7 Å². The molecule has 2 aromatic carbocycles. The third kappa shape index (κ3) is 4.12. The summed E-state index contributed by atoms with van der Waals surface area (Å²) in [6, 6.07) is 11.9. The highest BCUT2D eigenvalue weighted by Gasteiger charge is 2.12. The average molecular weight is 434 g/mol. The van der Waals surface area contributed by atoms with Crippen molar-refractivity contribution >= 4 is 11.4 Å². The second-order valence-electron chi connectivity index (χ2n) is 7.58. The summed E-state index contributed by atoms with van der Waals surface area (Å²) in [5.41, 5.74) is 4.38. The second-order valence-corrected chi connectivity index (χ2v) is 7.58. The van der Waals surface area contributed by atoms with E-state index < -0.39 is 11.7 Å². The Labute approximate surface area is 184 Å². The quantitative estimate of drug-likeness (QED) is 0.505. The van der Waals surface area contributed by atoms with Gasteiger partial charge in [-0.3, -0.25) is 9.59 Å². The summed E-state index contributed by atoms with van der Waals surface area (Å²) in [5.74, 6) is -0.966. The first-order valence-electron chi connectivity index (χ1n) is 10.2. The van der Waals surface area contributed by atoms with Crippen molar-refractivity contribution in [3.05, 3.63) is 87.7 Å². The van der Waals surface area contributed by atoms with Crippen molar-refractivity contribution < 1.29 is 13.9 Å². The Balaban J connectivity index is 1.49. The molecular weight excluding hydrogens is 411 g/mol. The number of ether oxygens (including phenoxy) is 1. The molecule has 1 N–H and O–H groups in total. The Morgan fingerprint density at radius 2 is 1.94 bits per heavy atom. The van der Waals surface area contributed by atoms with Gasteiger partial charge < -0.3 is 14.6 Å². The van der Waals surface area contributed by atoms with E-state index in [1.165, 1.54) is 23.8 Å². The summed E-state index contributed by atoms with van der Waals surface area (Å²) < 4.78 is 21.7. The lowest BCUT2D eigenvalue weighted by atomic mass is 10.0. The van der Waals surface area contributed by atoms with Gasteiger partial charge in [-0.25, -0.2) is 8.91 Å². The number of rotatable bonds is 6. The molecule has 0 saturated carbocycles. The number of aryl methyl sites for hydroxylation is 2. The van der Waals surface area contributed by atoms with Gasteiger partial charge in [-0.15, -0.1) is 0 Å². The van der Waals surface area contributed by atoms with Gasteiger partial charge in [0.1, 0.15) is 5.52 Å². The van der Waals surface area contributed by atoms with Gasteiger partial charge in [-0.1, -0.05) is 23.8 Å². The van der Waals surface area contributed by atoms with Gasteiger partial charge >= 0.3 is 0 Å². The van der Waals surface area contributed by atoms with Crippen LogP contribution in [-0.2, 0) is 6.54 Å². The summed E-state index contributed by atoms with van der Waals surface area (Å²) >= 11 is 0. The van der Waals surface area contributed by atoms with Crippen LogP contribution in [0.4, 0.5) is 4.39 Å². The van der Waals surface area contributed by atoms with Crippen LogP contribution >= 0.6 is 0 Å². The Morgan fingerprint density at radius 1 is 1.12 bits per heavy atom. The predicted molar refractivity (Wildman–Crippen MR) is 120 cm³/mol. The first-order valence-corrected chi connectivity index (χ1v) is 10.2. The molecule has 2 heterocycles. The van der Waals surface area contributed by atoms with E-state index in [1.807, 2.05) is 26.0 Å². The fraction of sp³-hybridized carbons (Fsp3) is 0.208. The van der Waals surface area contributed by atoms with Crippen molar-refractivity contribution in [2.75, 3.05) is 13.7 Å². The van der Waals surface area contributed by atoms with Crippen LogP contribution in [0.1, 0.15) is 21.5 Å². The Kier molecular flexibility index (Phi) is 5.77. The molecule has 0 radical (unpaired) electrons. The van der Waals surface area contributed by atoms with Crippen molar-refractivity contribution in [1.82, 2.24) is 19.5 Å². The van der Waals surface area contributed by atoms with Crippen LogP contribution in [0.3, 0.4) is 0 Å². The van der Waals surface area contributed by atoms with E-state index >= 15 is 0 Å². The number of methoxy groups -OCH3 is 1. The Hall–Kier alpha value is -3.94. The third-order valence-electron chi connectivity index (χ3n) is 5.31. The molecular formula is C24H23FN4O3. The summed E-state index contributed by atoms with van der Waals surface area (Å²) in [6.07, 6.45) is 3.34. The topological polar surface area (TPSA) is 77.6 Å². The van der Waals surface area contributed by atoms with Crippen LogP contribution in [0, 0.1) is 19.7 Å². The number of fused-ring (bicyclic) bond motifs is 1. The van der Waals surface area contributed by atoms with Crippen molar-refractivity contribution in [2.24, 2.45) is 0 Å². The minimum atomic E-state index is -0.609. The minimum absolute atomic E-state index is 0.0717. The molecule has 0 fully saturated rings. The van der Waals surface area contributed by atoms with Gasteiger partial charge in [0.25, 0.3) is 11.5 Å². The molecule has 4 rings (SSSR count). The summed E-state index contributed by atoms with van der Waals surface area (Å²) in [6.45, 7) is 4.52. The van der Waals surface area contributed by atoms with E-state index in [0.717, 1.165) is 28.5 Å². The van der Waals surface area contributed by atoms with E-state index in [2.05, 4.69) is 16.5 Å². The summed E-state index contributed by atoms with van der Waals surface area (Å²) in [4.78, 5) is 25.2. The molecule has 4 aromatic rings. The Morgan fingerprint density at radius 3 is 2.66 bits per heavy atom. The van der Waals surface area contributed by atoms with E-state index in [1.54, 1.807) is 23.0 Å². The monoisotopic (exact) mass is 434 g/mol. The maximum atomic E-state index is 13.8. The normalized spacial score (nSPS) is 11.0. The SMILES string of the molecule is COc1ccc(C(=O)NCCn2ccn3nc(-c4ccc(C)cc4C)cc3c2=O)cc1F. The first kappa shape index (κ1) is 21.3. The summed E-state index contributed by atoms with van der Waals surface area (Å²) in [7, 11) is 1.36. The van der Waals surface area contributed by atoms with Gasteiger partial charge in [0, 0.05) is 36.6 Å². The first-order chi connectivity index (χ1) is 15.4. The van der Waals surface area contributed by atoms with Crippen LogP contribution in [0.2, 0.25) is 0 Å². The molecule has 7 nitrogen and oxygen atoms in total. The largest absolute Gasteiger partial charge is 0.494 e. The maximum absolute atomic E-state index is 13.8. The number of aromatic nitrogens is 3. The second kappa shape index (κ2) is 8.66.